The fourth-order valence-electron chi connectivity index (χ4n) is 3.79. The van der Waals surface area contributed by atoms with E-state index in [2.05, 4.69) is 55.3 Å². The van der Waals surface area contributed by atoms with E-state index in [1.165, 1.54) is 11.3 Å². The Morgan fingerprint density at radius 2 is 1.76 bits per heavy atom. The summed E-state index contributed by atoms with van der Waals surface area (Å²) in [6.45, 7) is 9.76. The van der Waals surface area contributed by atoms with E-state index in [-0.39, 0.29) is 5.60 Å². The molecule has 1 aliphatic carbocycles. The summed E-state index contributed by atoms with van der Waals surface area (Å²) >= 11 is 0. The maximum Gasteiger partial charge on any atom is 0.0612 e. The fourth-order valence-corrected chi connectivity index (χ4v) is 3.79. The molecule has 1 aromatic carbocycles. The van der Waals surface area contributed by atoms with Crippen LogP contribution < -0.4 is 10.2 Å². The molecule has 0 atom stereocenters. The van der Waals surface area contributed by atoms with Crippen LogP contribution >= 0.6 is 0 Å². The summed E-state index contributed by atoms with van der Waals surface area (Å²) in [6, 6.07) is 9.54. The summed E-state index contributed by atoms with van der Waals surface area (Å²) < 4.78 is 5.99. The van der Waals surface area contributed by atoms with Crippen molar-refractivity contribution in [3.63, 3.8) is 0 Å². The van der Waals surface area contributed by atoms with Crippen LogP contribution in [-0.2, 0) is 11.3 Å². The van der Waals surface area contributed by atoms with E-state index in [0.29, 0.717) is 24.7 Å². The zero-order valence-electron chi connectivity index (χ0n) is 16.0. The molecule has 2 fully saturated rings. The largest absolute Gasteiger partial charge is 0.396 e. The minimum atomic E-state index is -0.0306. The Balaban J connectivity index is 1.39. The van der Waals surface area contributed by atoms with E-state index in [0.717, 1.165) is 45.3 Å². The van der Waals surface area contributed by atoms with Gasteiger partial charge < -0.3 is 20.1 Å². The summed E-state index contributed by atoms with van der Waals surface area (Å²) in [6.07, 6.45) is 4.85. The van der Waals surface area contributed by atoms with Gasteiger partial charge in [-0.15, -0.1) is 0 Å². The monoisotopic (exact) mass is 346 g/mol. The highest BCUT2D eigenvalue weighted by Gasteiger charge is 2.32. The van der Waals surface area contributed by atoms with Gasteiger partial charge in [0.1, 0.15) is 0 Å². The van der Waals surface area contributed by atoms with Crippen LogP contribution in [0.1, 0.15) is 52.0 Å². The number of nitrogens with zero attached hydrogens (tertiary/aromatic N) is 1. The fraction of sp³-hybridized carbons (Fsp3) is 0.714. The highest BCUT2D eigenvalue weighted by atomic mass is 16.5. The lowest BCUT2D eigenvalue weighted by Crippen LogP contribution is -2.47. The first-order chi connectivity index (χ1) is 11.9. The second kappa shape index (κ2) is 8.07. The van der Waals surface area contributed by atoms with Crippen LogP contribution in [0.5, 0.6) is 0 Å². The van der Waals surface area contributed by atoms with Gasteiger partial charge in [-0.2, -0.15) is 0 Å². The molecular formula is C21H34N2O2. The molecule has 1 aliphatic heterocycles. The van der Waals surface area contributed by atoms with Crippen LogP contribution in [0, 0.1) is 5.92 Å². The summed E-state index contributed by atoms with van der Waals surface area (Å²) in [5.41, 5.74) is 2.62. The Labute approximate surface area is 152 Å². The van der Waals surface area contributed by atoms with Crippen LogP contribution in [0.15, 0.2) is 24.3 Å². The zero-order chi connectivity index (χ0) is 17.9. The van der Waals surface area contributed by atoms with Crippen molar-refractivity contribution in [3.8, 4) is 0 Å². The number of aliphatic hydroxyl groups excluding tert-OH is 1. The quantitative estimate of drug-likeness (QED) is 0.829. The first-order valence-corrected chi connectivity index (χ1v) is 9.79. The first kappa shape index (κ1) is 18.7. The Morgan fingerprint density at radius 3 is 2.32 bits per heavy atom. The normalized spacial score (nSPS) is 25.0. The molecule has 1 heterocycles. The van der Waals surface area contributed by atoms with Gasteiger partial charge in [0.05, 0.1) is 11.7 Å². The van der Waals surface area contributed by atoms with Gasteiger partial charge >= 0.3 is 0 Å². The highest BCUT2D eigenvalue weighted by molar-refractivity contribution is 5.48. The predicted molar refractivity (Wildman–Crippen MR) is 103 cm³/mol. The highest BCUT2D eigenvalue weighted by Crippen LogP contribution is 2.28. The molecule has 1 saturated carbocycles. The lowest BCUT2D eigenvalue weighted by molar-refractivity contribution is -0.102. The van der Waals surface area contributed by atoms with Crippen LogP contribution in [0.2, 0.25) is 0 Å². The molecule has 25 heavy (non-hydrogen) atoms. The van der Waals surface area contributed by atoms with E-state index in [1.54, 1.807) is 0 Å². The second-order valence-electron chi connectivity index (χ2n) is 8.68. The third kappa shape index (κ3) is 5.44. The molecule has 0 amide bonds. The van der Waals surface area contributed by atoms with Crippen LogP contribution in [0.25, 0.3) is 0 Å². The molecule has 140 valence electrons. The predicted octanol–water partition coefficient (Wildman–Crippen LogP) is 3.33. The molecule has 0 spiro atoms. The van der Waals surface area contributed by atoms with E-state index >= 15 is 0 Å². The van der Waals surface area contributed by atoms with Gasteiger partial charge in [0.2, 0.25) is 0 Å². The van der Waals surface area contributed by atoms with Crippen LogP contribution in [0.4, 0.5) is 5.69 Å². The van der Waals surface area contributed by atoms with E-state index in [9.17, 15) is 5.11 Å². The van der Waals surface area contributed by atoms with E-state index in [4.69, 9.17) is 4.74 Å². The standard InChI is InChI=1S/C21H34N2O2/c1-21(2,3)25-20-12-18(13-20)22-14-16-4-6-19(7-5-16)23-10-8-17(15-24)9-11-23/h4-7,17-18,20,22,24H,8-15H2,1-3H3. The average Bonchev–Trinajstić information content (AvgIpc) is 2.56. The topological polar surface area (TPSA) is 44.7 Å². The molecule has 1 saturated heterocycles. The zero-order valence-corrected chi connectivity index (χ0v) is 16.0. The SMILES string of the molecule is CC(C)(C)OC1CC(NCc2ccc(N3CCC(CO)CC3)cc2)C1. The minimum absolute atomic E-state index is 0.0306. The van der Waals surface area contributed by atoms with Crippen molar-refractivity contribution in [2.75, 3.05) is 24.6 Å². The average molecular weight is 347 g/mol. The number of hydrogen-bond acceptors (Lipinski definition) is 4. The number of benzene rings is 1. The van der Waals surface area contributed by atoms with Crippen molar-refractivity contribution < 1.29 is 9.84 Å². The number of aliphatic hydroxyl groups is 1. The van der Waals surface area contributed by atoms with Gasteiger partial charge in [-0.1, -0.05) is 12.1 Å². The van der Waals surface area contributed by atoms with Gasteiger partial charge in [0.15, 0.2) is 0 Å². The molecule has 0 bridgehead atoms. The van der Waals surface area contributed by atoms with Crippen LogP contribution in [-0.4, -0.2) is 42.5 Å². The number of anilines is 1. The van der Waals surface area contributed by atoms with Crippen molar-refractivity contribution in [1.82, 2.24) is 5.32 Å². The Morgan fingerprint density at radius 1 is 1.12 bits per heavy atom. The second-order valence-corrected chi connectivity index (χ2v) is 8.68. The van der Waals surface area contributed by atoms with Crippen molar-refractivity contribution in [2.24, 2.45) is 5.92 Å². The summed E-state index contributed by atoms with van der Waals surface area (Å²) in [5.74, 6) is 0.494. The Hall–Kier alpha value is -1.10. The van der Waals surface area contributed by atoms with Gasteiger partial charge in [0.25, 0.3) is 0 Å². The smallest absolute Gasteiger partial charge is 0.0612 e. The Bertz CT molecular complexity index is 524. The van der Waals surface area contributed by atoms with Crippen molar-refractivity contribution in [3.05, 3.63) is 29.8 Å². The van der Waals surface area contributed by atoms with E-state index in [1.807, 2.05) is 0 Å². The minimum Gasteiger partial charge on any atom is -0.396 e. The molecule has 4 heteroatoms. The van der Waals surface area contributed by atoms with Crippen molar-refractivity contribution in [2.45, 2.75) is 70.7 Å². The van der Waals surface area contributed by atoms with Gasteiger partial charge in [-0.3, -0.25) is 0 Å². The summed E-state index contributed by atoms with van der Waals surface area (Å²) in [5, 5.41) is 12.9. The molecule has 1 aromatic rings. The molecule has 0 aromatic heterocycles. The van der Waals surface area contributed by atoms with E-state index < -0.39 is 0 Å². The number of piperidine rings is 1. The maximum absolute atomic E-state index is 9.25. The molecule has 2 N–H and O–H groups in total. The summed E-state index contributed by atoms with van der Waals surface area (Å²) in [7, 11) is 0. The Kier molecular flexibility index (Phi) is 6.03. The van der Waals surface area contributed by atoms with Gasteiger partial charge in [0, 0.05) is 38.0 Å². The third-order valence-corrected chi connectivity index (χ3v) is 5.38. The molecule has 0 radical (unpaired) electrons. The maximum atomic E-state index is 9.25. The number of ether oxygens (including phenoxy) is 1. The third-order valence-electron chi connectivity index (χ3n) is 5.38. The number of rotatable bonds is 6. The lowest BCUT2D eigenvalue weighted by atomic mass is 9.88. The van der Waals surface area contributed by atoms with Crippen molar-refractivity contribution in [1.29, 1.82) is 0 Å². The first-order valence-electron chi connectivity index (χ1n) is 9.79. The molecule has 0 unspecified atom stereocenters. The summed E-state index contributed by atoms with van der Waals surface area (Å²) in [4.78, 5) is 2.43. The molecule has 4 nitrogen and oxygen atoms in total. The van der Waals surface area contributed by atoms with Crippen LogP contribution in [0.3, 0.4) is 0 Å². The molecule has 3 rings (SSSR count). The van der Waals surface area contributed by atoms with Gasteiger partial charge in [-0.25, -0.2) is 0 Å². The number of nitrogens with one attached hydrogen (secondary N) is 1. The van der Waals surface area contributed by atoms with Gasteiger partial charge in [-0.05, 0) is 70.1 Å². The lowest BCUT2D eigenvalue weighted by Gasteiger charge is -2.39. The molecular weight excluding hydrogens is 312 g/mol. The molecule has 2 aliphatic rings. The van der Waals surface area contributed by atoms with Crippen molar-refractivity contribution >= 4 is 5.69 Å². The number of hydrogen-bond donors (Lipinski definition) is 2.